The van der Waals surface area contributed by atoms with Crippen molar-refractivity contribution in [3.05, 3.63) is 0 Å². The van der Waals surface area contributed by atoms with Crippen molar-refractivity contribution in [2.45, 2.75) is 39.5 Å². The van der Waals surface area contributed by atoms with Gasteiger partial charge in [-0.3, -0.25) is 0 Å². The van der Waals surface area contributed by atoms with Crippen LogP contribution in [0.5, 0.6) is 0 Å². The Kier molecular flexibility index (Phi) is 1.51. The van der Waals surface area contributed by atoms with E-state index in [0.29, 0.717) is 0 Å². The van der Waals surface area contributed by atoms with E-state index in [1.165, 1.54) is 6.92 Å². The van der Waals surface area contributed by atoms with Gasteiger partial charge in [0.1, 0.15) is 0 Å². The zero-order valence-electron chi connectivity index (χ0n) is 7.27. The van der Waals surface area contributed by atoms with Crippen LogP contribution in [0.1, 0.15) is 27.7 Å². The number of ether oxygens (including phenoxy) is 1. The van der Waals surface area contributed by atoms with E-state index in [-0.39, 0.29) is 5.41 Å². The third kappa shape index (κ3) is 1.12. The zero-order chi connectivity index (χ0) is 8.86. The second-order valence-corrected chi connectivity index (χ2v) is 4.23. The van der Waals surface area contributed by atoms with E-state index in [1.54, 1.807) is 0 Å². The van der Waals surface area contributed by atoms with Crippen molar-refractivity contribution in [1.29, 1.82) is 0 Å². The smallest absolute Gasteiger partial charge is 0.348 e. The maximum atomic E-state index is 13.3. The molecule has 1 heterocycles. The molecule has 1 rings (SSSR count). The predicted molar refractivity (Wildman–Crippen MR) is 38.8 cm³/mol. The van der Waals surface area contributed by atoms with Crippen LogP contribution in [0, 0.1) is 5.41 Å². The number of carbonyl (C=O) groups is 1. The standard InChI is InChI=1S/C8H13FO2/c1-7(2,3)5-8(4,9)6(10)11-5/h5H,1-4H3/t5-,8+/m0/s1. The van der Waals surface area contributed by atoms with Gasteiger partial charge in [-0.15, -0.1) is 0 Å². The molecule has 0 saturated carbocycles. The van der Waals surface area contributed by atoms with Crippen molar-refractivity contribution in [3.8, 4) is 0 Å². The highest BCUT2D eigenvalue weighted by molar-refractivity contribution is 5.85. The summed E-state index contributed by atoms with van der Waals surface area (Å²) in [6.07, 6.45) is -0.595. The number of hydrogen-bond donors (Lipinski definition) is 0. The van der Waals surface area contributed by atoms with Gasteiger partial charge >= 0.3 is 5.97 Å². The average Bonchev–Trinajstić information content (AvgIpc) is 1.80. The lowest BCUT2D eigenvalue weighted by atomic mass is 9.77. The molecule has 64 valence electrons. The lowest BCUT2D eigenvalue weighted by molar-refractivity contribution is -0.224. The van der Waals surface area contributed by atoms with Gasteiger partial charge in [0.15, 0.2) is 6.10 Å². The van der Waals surface area contributed by atoms with Crippen LogP contribution in [0.15, 0.2) is 0 Å². The minimum absolute atomic E-state index is 0.308. The first-order valence-electron chi connectivity index (χ1n) is 3.66. The Morgan fingerprint density at radius 2 is 2.00 bits per heavy atom. The van der Waals surface area contributed by atoms with Crippen LogP contribution in [0.4, 0.5) is 4.39 Å². The molecular formula is C8H13FO2. The van der Waals surface area contributed by atoms with Crippen molar-refractivity contribution >= 4 is 5.97 Å². The second kappa shape index (κ2) is 1.96. The fourth-order valence-corrected chi connectivity index (χ4v) is 1.37. The Hall–Kier alpha value is -0.600. The molecule has 0 amide bonds. The molecule has 0 aromatic rings. The zero-order valence-corrected chi connectivity index (χ0v) is 7.27. The molecule has 0 aromatic heterocycles. The third-order valence-electron chi connectivity index (χ3n) is 1.90. The molecule has 0 bridgehead atoms. The summed E-state index contributed by atoms with van der Waals surface area (Å²) in [6, 6.07) is 0. The molecule has 1 fully saturated rings. The van der Waals surface area contributed by atoms with Crippen LogP contribution in [0.25, 0.3) is 0 Å². The van der Waals surface area contributed by atoms with Crippen LogP contribution in [0.2, 0.25) is 0 Å². The van der Waals surface area contributed by atoms with Gasteiger partial charge in [0.05, 0.1) is 0 Å². The maximum absolute atomic E-state index is 13.3. The van der Waals surface area contributed by atoms with Gasteiger partial charge in [-0.1, -0.05) is 20.8 Å². The van der Waals surface area contributed by atoms with Crippen molar-refractivity contribution in [1.82, 2.24) is 0 Å². The Balaban J connectivity index is 2.75. The summed E-state index contributed by atoms with van der Waals surface area (Å²) in [5.41, 5.74) is -2.09. The number of cyclic esters (lactones) is 1. The molecule has 3 heteroatoms. The molecule has 0 spiro atoms. The highest BCUT2D eigenvalue weighted by Gasteiger charge is 2.60. The molecule has 1 saturated heterocycles. The summed E-state index contributed by atoms with van der Waals surface area (Å²) in [7, 11) is 0. The minimum Gasteiger partial charge on any atom is -0.455 e. The van der Waals surface area contributed by atoms with E-state index >= 15 is 0 Å². The molecule has 11 heavy (non-hydrogen) atoms. The number of rotatable bonds is 0. The van der Waals surface area contributed by atoms with Gasteiger partial charge in [-0.25, -0.2) is 9.18 Å². The van der Waals surface area contributed by atoms with Crippen molar-refractivity contribution < 1.29 is 13.9 Å². The minimum atomic E-state index is -1.78. The van der Waals surface area contributed by atoms with Crippen molar-refractivity contribution in [2.75, 3.05) is 0 Å². The molecule has 2 atom stereocenters. The molecular weight excluding hydrogens is 147 g/mol. The van der Waals surface area contributed by atoms with Crippen LogP contribution in [-0.2, 0) is 9.53 Å². The van der Waals surface area contributed by atoms with Gasteiger partial charge in [0.25, 0.3) is 0 Å². The molecule has 2 nitrogen and oxygen atoms in total. The van der Waals surface area contributed by atoms with Crippen molar-refractivity contribution in [2.24, 2.45) is 5.41 Å². The summed E-state index contributed by atoms with van der Waals surface area (Å²) < 4.78 is 18.0. The summed E-state index contributed by atoms with van der Waals surface area (Å²) >= 11 is 0. The number of halogens is 1. The first kappa shape index (κ1) is 8.50. The Morgan fingerprint density at radius 1 is 1.55 bits per heavy atom. The van der Waals surface area contributed by atoms with E-state index in [0.717, 1.165) is 0 Å². The van der Waals surface area contributed by atoms with Crippen LogP contribution in [0.3, 0.4) is 0 Å². The van der Waals surface area contributed by atoms with Crippen molar-refractivity contribution in [3.63, 3.8) is 0 Å². The van der Waals surface area contributed by atoms with Gasteiger partial charge in [0, 0.05) is 5.41 Å². The van der Waals surface area contributed by atoms with Crippen LogP contribution in [-0.4, -0.2) is 17.7 Å². The van der Waals surface area contributed by atoms with E-state index in [2.05, 4.69) is 0 Å². The topological polar surface area (TPSA) is 26.3 Å². The molecule has 0 radical (unpaired) electrons. The van der Waals surface area contributed by atoms with E-state index < -0.39 is 17.7 Å². The van der Waals surface area contributed by atoms with Gasteiger partial charge in [-0.2, -0.15) is 0 Å². The first-order chi connectivity index (χ1) is 4.76. The van der Waals surface area contributed by atoms with Gasteiger partial charge in [0.2, 0.25) is 5.67 Å². The number of esters is 1. The number of alkyl halides is 1. The SMILES string of the molecule is CC(C)(C)[C@@H]1OC(=O)[C@]1(C)F. The summed E-state index contributed by atoms with van der Waals surface area (Å²) in [5.74, 6) is -0.738. The Bertz CT molecular complexity index is 191. The van der Waals surface area contributed by atoms with Gasteiger partial charge in [-0.05, 0) is 6.92 Å². The van der Waals surface area contributed by atoms with Crippen LogP contribution < -0.4 is 0 Å². The van der Waals surface area contributed by atoms with E-state index in [9.17, 15) is 9.18 Å². The highest BCUT2D eigenvalue weighted by Crippen LogP contribution is 2.41. The molecule has 0 N–H and O–H groups in total. The predicted octanol–water partition coefficient (Wildman–Crippen LogP) is 1.69. The summed E-state index contributed by atoms with van der Waals surface area (Å²) in [4.78, 5) is 10.6. The summed E-state index contributed by atoms with van der Waals surface area (Å²) in [6.45, 7) is 6.82. The lowest BCUT2D eigenvalue weighted by Crippen LogP contribution is -2.62. The molecule has 0 aromatic carbocycles. The quantitative estimate of drug-likeness (QED) is 0.504. The number of hydrogen-bond acceptors (Lipinski definition) is 2. The number of carbonyl (C=O) groups excluding carboxylic acids is 1. The molecule has 1 aliphatic heterocycles. The molecule has 0 unspecified atom stereocenters. The third-order valence-corrected chi connectivity index (χ3v) is 1.90. The van der Waals surface area contributed by atoms with Crippen LogP contribution >= 0.6 is 0 Å². The molecule has 0 aliphatic carbocycles. The fraction of sp³-hybridized carbons (Fsp3) is 0.875. The summed E-state index contributed by atoms with van der Waals surface area (Å²) in [5, 5.41) is 0. The normalized spacial score (nSPS) is 37.9. The molecule has 1 aliphatic rings. The van der Waals surface area contributed by atoms with E-state index in [4.69, 9.17) is 4.74 Å². The second-order valence-electron chi connectivity index (χ2n) is 4.23. The fourth-order valence-electron chi connectivity index (χ4n) is 1.37. The monoisotopic (exact) mass is 160 g/mol. The Morgan fingerprint density at radius 3 is 2.09 bits per heavy atom. The van der Waals surface area contributed by atoms with E-state index in [1.807, 2.05) is 20.8 Å². The maximum Gasteiger partial charge on any atom is 0.348 e. The Labute approximate surface area is 65.7 Å². The van der Waals surface area contributed by atoms with Gasteiger partial charge < -0.3 is 4.74 Å². The largest absolute Gasteiger partial charge is 0.455 e. The average molecular weight is 160 g/mol. The first-order valence-corrected chi connectivity index (χ1v) is 3.66. The highest BCUT2D eigenvalue weighted by atomic mass is 19.1. The lowest BCUT2D eigenvalue weighted by Gasteiger charge is -2.45.